The lowest BCUT2D eigenvalue weighted by atomic mass is 9.87. The predicted octanol–water partition coefficient (Wildman–Crippen LogP) is 2.92. The maximum absolute atomic E-state index is 13.1. The van der Waals surface area contributed by atoms with E-state index in [2.05, 4.69) is 5.32 Å². The van der Waals surface area contributed by atoms with E-state index in [0.29, 0.717) is 31.9 Å². The molecule has 4 rings (SSSR count). The maximum Gasteiger partial charge on any atom is 0.251 e. The summed E-state index contributed by atoms with van der Waals surface area (Å²) in [6.07, 6.45) is 3.72. The van der Waals surface area contributed by atoms with Gasteiger partial charge in [-0.25, -0.2) is 8.42 Å². The van der Waals surface area contributed by atoms with Crippen molar-refractivity contribution < 1.29 is 22.7 Å². The van der Waals surface area contributed by atoms with Gasteiger partial charge in [-0.1, -0.05) is 31.0 Å². The van der Waals surface area contributed by atoms with Crippen LogP contribution in [-0.2, 0) is 20.3 Å². The fourth-order valence-corrected chi connectivity index (χ4v) is 5.89. The zero-order valence-electron chi connectivity index (χ0n) is 17.7. The molecule has 0 aromatic heterocycles. The minimum Gasteiger partial charge on any atom is -0.496 e. The van der Waals surface area contributed by atoms with E-state index >= 15 is 0 Å². The first kappa shape index (κ1) is 21.8. The Hall–Kier alpha value is -2.42. The van der Waals surface area contributed by atoms with Crippen molar-refractivity contribution in [3.05, 3.63) is 59.7 Å². The molecular weight excluding hydrogens is 416 g/mol. The van der Waals surface area contributed by atoms with Crippen molar-refractivity contribution in [1.82, 2.24) is 9.62 Å². The van der Waals surface area contributed by atoms with Gasteiger partial charge in [0.1, 0.15) is 5.75 Å². The van der Waals surface area contributed by atoms with Gasteiger partial charge >= 0.3 is 0 Å². The van der Waals surface area contributed by atoms with Gasteiger partial charge in [0.2, 0.25) is 10.0 Å². The van der Waals surface area contributed by atoms with Crippen LogP contribution in [0.25, 0.3) is 0 Å². The standard InChI is InChI=1S/C23H28N2O5S/c1-29-21-7-3-2-6-20(21)23(12-4-5-13-23)24-22(26)18-8-10-19(11-9-18)31(27,28)25-14-16-30-17-15-25/h2-3,6-11H,4-5,12-17H2,1H3,(H,24,26). The van der Waals surface area contributed by atoms with E-state index in [-0.39, 0.29) is 10.8 Å². The van der Waals surface area contributed by atoms with E-state index in [1.807, 2.05) is 24.3 Å². The van der Waals surface area contributed by atoms with Crippen LogP contribution in [0.3, 0.4) is 0 Å². The second kappa shape index (κ2) is 8.98. The Bertz CT molecular complexity index is 1020. The Morgan fingerprint density at radius 2 is 1.68 bits per heavy atom. The largest absolute Gasteiger partial charge is 0.496 e. The van der Waals surface area contributed by atoms with E-state index in [0.717, 1.165) is 37.0 Å². The second-order valence-corrected chi connectivity index (χ2v) is 9.92. The number of carbonyl (C=O) groups excluding carboxylic acids is 1. The highest BCUT2D eigenvalue weighted by Crippen LogP contribution is 2.42. The lowest BCUT2D eigenvalue weighted by Crippen LogP contribution is -2.44. The molecule has 31 heavy (non-hydrogen) atoms. The summed E-state index contributed by atoms with van der Waals surface area (Å²) in [4.78, 5) is 13.3. The highest BCUT2D eigenvalue weighted by atomic mass is 32.2. The highest BCUT2D eigenvalue weighted by molar-refractivity contribution is 7.89. The van der Waals surface area contributed by atoms with E-state index in [4.69, 9.17) is 9.47 Å². The molecule has 1 N–H and O–H groups in total. The number of para-hydroxylation sites is 1. The number of ether oxygens (including phenoxy) is 2. The third-order valence-electron chi connectivity index (χ3n) is 6.16. The quantitative estimate of drug-likeness (QED) is 0.741. The molecule has 0 atom stereocenters. The summed E-state index contributed by atoms with van der Waals surface area (Å²) >= 11 is 0. The van der Waals surface area contributed by atoms with Crippen LogP contribution in [0.4, 0.5) is 0 Å². The van der Waals surface area contributed by atoms with Gasteiger partial charge in [-0.2, -0.15) is 4.31 Å². The molecule has 1 amide bonds. The number of benzene rings is 2. The fraction of sp³-hybridized carbons (Fsp3) is 0.435. The summed E-state index contributed by atoms with van der Waals surface area (Å²) < 4.78 is 37.8. The van der Waals surface area contributed by atoms with Crippen molar-refractivity contribution in [2.24, 2.45) is 0 Å². The maximum atomic E-state index is 13.1. The monoisotopic (exact) mass is 444 g/mol. The molecule has 1 aliphatic carbocycles. The summed E-state index contributed by atoms with van der Waals surface area (Å²) in [7, 11) is -1.95. The Kier molecular flexibility index (Phi) is 6.31. The van der Waals surface area contributed by atoms with Crippen molar-refractivity contribution in [2.45, 2.75) is 36.1 Å². The summed E-state index contributed by atoms with van der Waals surface area (Å²) in [5, 5.41) is 3.23. The van der Waals surface area contributed by atoms with Crippen LogP contribution < -0.4 is 10.1 Å². The summed E-state index contributed by atoms with van der Waals surface area (Å²) in [6.45, 7) is 1.47. The number of rotatable bonds is 6. The molecule has 1 heterocycles. The van der Waals surface area contributed by atoms with Crippen molar-refractivity contribution >= 4 is 15.9 Å². The van der Waals surface area contributed by atoms with E-state index in [9.17, 15) is 13.2 Å². The summed E-state index contributed by atoms with van der Waals surface area (Å²) in [5.41, 5.74) is 0.930. The number of sulfonamides is 1. The molecule has 8 heteroatoms. The first-order chi connectivity index (χ1) is 15.0. The molecule has 1 saturated heterocycles. The number of carbonyl (C=O) groups is 1. The van der Waals surface area contributed by atoms with Crippen LogP contribution >= 0.6 is 0 Å². The topological polar surface area (TPSA) is 84.9 Å². The van der Waals surface area contributed by atoms with Gasteiger partial charge in [-0.05, 0) is 43.2 Å². The summed E-state index contributed by atoms with van der Waals surface area (Å²) in [5.74, 6) is 0.541. The molecule has 1 saturated carbocycles. The number of methoxy groups -OCH3 is 1. The minimum absolute atomic E-state index is 0.186. The van der Waals surface area contributed by atoms with Crippen molar-refractivity contribution in [2.75, 3.05) is 33.4 Å². The number of hydrogen-bond donors (Lipinski definition) is 1. The smallest absolute Gasteiger partial charge is 0.251 e. The molecule has 0 radical (unpaired) electrons. The Morgan fingerprint density at radius 1 is 1.03 bits per heavy atom. The van der Waals surface area contributed by atoms with Crippen LogP contribution in [-0.4, -0.2) is 52.0 Å². The summed E-state index contributed by atoms with van der Waals surface area (Å²) in [6, 6.07) is 13.9. The minimum atomic E-state index is -3.59. The van der Waals surface area contributed by atoms with Gasteiger partial charge in [0, 0.05) is 24.2 Å². The normalized spacial score (nSPS) is 19.1. The highest BCUT2D eigenvalue weighted by Gasteiger charge is 2.39. The molecule has 1 aliphatic heterocycles. The van der Waals surface area contributed by atoms with Crippen molar-refractivity contribution in [3.8, 4) is 5.75 Å². The van der Waals surface area contributed by atoms with Crippen molar-refractivity contribution in [3.63, 3.8) is 0 Å². The van der Waals surface area contributed by atoms with E-state index < -0.39 is 15.6 Å². The molecule has 7 nitrogen and oxygen atoms in total. The van der Waals surface area contributed by atoms with E-state index in [1.54, 1.807) is 19.2 Å². The molecule has 2 aliphatic rings. The number of hydrogen-bond acceptors (Lipinski definition) is 5. The predicted molar refractivity (Wildman–Crippen MR) is 117 cm³/mol. The molecular formula is C23H28N2O5S. The average Bonchev–Trinajstić information content (AvgIpc) is 3.29. The second-order valence-electron chi connectivity index (χ2n) is 7.98. The van der Waals surface area contributed by atoms with Gasteiger partial charge in [0.05, 0.1) is 30.8 Å². The molecule has 0 unspecified atom stereocenters. The van der Waals surface area contributed by atoms with Crippen LogP contribution in [0.5, 0.6) is 5.75 Å². The third kappa shape index (κ3) is 4.33. The molecule has 0 spiro atoms. The molecule has 0 bridgehead atoms. The van der Waals surface area contributed by atoms with Gasteiger partial charge in [-0.3, -0.25) is 4.79 Å². The van der Waals surface area contributed by atoms with Crippen molar-refractivity contribution in [1.29, 1.82) is 0 Å². The van der Waals surface area contributed by atoms with Gasteiger partial charge < -0.3 is 14.8 Å². The van der Waals surface area contributed by atoms with Gasteiger partial charge in [-0.15, -0.1) is 0 Å². The lowest BCUT2D eigenvalue weighted by Gasteiger charge is -2.32. The lowest BCUT2D eigenvalue weighted by molar-refractivity contribution is 0.0730. The van der Waals surface area contributed by atoms with Crippen LogP contribution in [0.2, 0.25) is 0 Å². The third-order valence-corrected chi connectivity index (χ3v) is 8.07. The Morgan fingerprint density at radius 3 is 2.32 bits per heavy atom. The van der Waals surface area contributed by atoms with Gasteiger partial charge in [0.15, 0.2) is 0 Å². The molecule has 2 aromatic carbocycles. The Labute approximate surface area is 183 Å². The average molecular weight is 445 g/mol. The van der Waals surface area contributed by atoms with Crippen LogP contribution in [0.1, 0.15) is 41.6 Å². The number of morpholine rings is 1. The first-order valence-electron chi connectivity index (χ1n) is 10.6. The van der Waals surface area contributed by atoms with Gasteiger partial charge in [0.25, 0.3) is 5.91 Å². The first-order valence-corrected chi connectivity index (χ1v) is 12.0. The zero-order valence-corrected chi connectivity index (χ0v) is 18.5. The molecule has 2 fully saturated rings. The van der Waals surface area contributed by atoms with E-state index in [1.165, 1.54) is 16.4 Å². The Balaban J connectivity index is 1.55. The number of nitrogens with one attached hydrogen (secondary N) is 1. The SMILES string of the molecule is COc1ccccc1C1(NC(=O)c2ccc(S(=O)(=O)N3CCOCC3)cc2)CCCC1. The molecule has 2 aromatic rings. The van der Waals surface area contributed by atoms with Crippen LogP contribution in [0.15, 0.2) is 53.4 Å². The number of amides is 1. The molecule has 166 valence electrons. The van der Waals surface area contributed by atoms with Crippen LogP contribution in [0, 0.1) is 0 Å². The number of nitrogens with zero attached hydrogens (tertiary/aromatic N) is 1. The zero-order chi connectivity index (χ0) is 21.9. The fourth-order valence-electron chi connectivity index (χ4n) is 4.48.